The number of benzene rings is 1. The molecule has 1 N–H and O–H groups in total. The van der Waals surface area contributed by atoms with E-state index in [1.807, 2.05) is 24.3 Å². The summed E-state index contributed by atoms with van der Waals surface area (Å²) in [6.45, 7) is 7.47. The van der Waals surface area contributed by atoms with Crippen LogP contribution >= 0.6 is 11.3 Å². The van der Waals surface area contributed by atoms with Gasteiger partial charge in [-0.3, -0.25) is 9.69 Å². The highest BCUT2D eigenvalue weighted by atomic mass is 32.1. The molecule has 1 saturated heterocycles. The van der Waals surface area contributed by atoms with Crippen molar-refractivity contribution < 1.29 is 0 Å². The molecule has 1 aliphatic heterocycles. The first-order valence-corrected chi connectivity index (χ1v) is 9.70. The number of nitrogens with zero attached hydrogens (tertiary/aromatic N) is 2. The molecule has 1 aliphatic rings. The number of hydrogen-bond acceptors (Lipinski definition) is 4. The number of fused-ring (bicyclic) bond motifs is 1. The van der Waals surface area contributed by atoms with E-state index in [4.69, 9.17) is 4.98 Å². The second kappa shape index (κ2) is 6.73. The molecule has 3 aromatic rings. The lowest BCUT2D eigenvalue weighted by molar-refractivity contribution is 0.131. The summed E-state index contributed by atoms with van der Waals surface area (Å²) < 4.78 is 0. The number of rotatable bonds is 3. The topological polar surface area (TPSA) is 49.0 Å². The molecule has 5 heteroatoms. The number of piperidine rings is 1. The second-order valence-corrected chi connectivity index (χ2v) is 8.38. The average molecular weight is 353 g/mol. The first-order valence-electron chi connectivity index (χ1n) is 8.89. The smallest absolute Gasteiger partial charge is 0.259 e. The zero-order valence-corrected chi connectivity index (χ0v) is 15.5. The molecule has 25 heavy (non-hydrogen) atoms. The van der Waals surface area contributed by atoms with Crippen LogP contribution in [0.1, 0.15) is 26.1 Å². The van der Waals surface area contributed by atoms with Crippen molar-refractivity contribution in [3.63, 3.8) is 0 Å². The summed E-state index contributed by atoms with van der Waals surface area (Å²) in [6.07, 6.45) is 1.28. The highest BCUT2D eigenvalue weighted by molar-refractivity contribution is 7.21. The summed E-state index contributed by atoms with van der Waals surface area (Å²) in [5.41, 5.74) is 1.10. The summed E-state index contributed by atoms with van der Waals surface area (Å²) in [7, 11) is 0. The minimum Gasteiger partial charge on any atom is -0.309 e. The molecule has 0 bridgehead atoms. The average Bonchev–Trinajstić information content (AvgIpc) is 2.99. The van der Waals surface area contributed by atoms with Gasteiger partial charge in [0.05, 0.1) is 11.9 Å². The number of aromatic amines is 1. The molecule has 4 nitrogen and oxygen atoms in total. The van der Waals surface area contributed by atoms with E-state index >= 15 is 0 Å². The molecule has 0 spiro atoms. The van der Waals surface area contributed by atoms with E-state index < -0.39 is 0 Å². The van der Waals surface area contributed by atoms with Crippen molar-refractivity contribution in [2.24, 2.45) is 11.8 Å². The molecule has 0 unspecified atom stereocenters. The Morgan fingerprint density at radius 1 is 1.20 bits per heavy atom. The zero-order valence-electron chi connectivity index (χ0n) is 14.7. The van der Waals surface area contributed by atoms with Crippen LogP contribution in [0, 0.1) is 11.8 Å². The summed E-state index contributed by atoms with van der Waals surface area (Å²) >= 11 is 1.59. The van der Waals surface area contributed by atoms with Crippen LogP contribution in [-0.2, 0) is 6.54 Å². The van der Waals surface area contributed by atoms with Crippen LogP contribution in [0.2, 0.25) is 0 Å². The molecule has 2 atom stereocenters. The maximum atomic E-state index is 12.5. The second-order valence-electron chi connectivity index (χ2n) is 7.35. The number of H-pyrrole nitrogens is 1. The minimum atomic E-state index is -0.0310. The number of likely N-dealkylation sites (tertiary alicyclic amines) is 1. The highest BCUT2D eigenvalue weighted by Gasteiger charge is 2.22. The Morgan fingerprint density at radius 3 is 2.64 bits per heavy atom. The molecule has 0 radical (unpaired) electrons. The monoisotopic (exact) mass is 353 g/mol. The SMILES string of the molecule is C[C@@H]1C[C@@H](C)CN(Cc2nc3sc(-c4ccccc4)cc3c(=O)[nH]2)C1. The predicted molar refractivity (Wildman–Crippen MR) is 104 cm³/mol. The fraction of sp³-hybridized carbons (Fsp3) is 0.400. The van der Waals surface area contributed by atoms with Gasteiger partial charge in [0, 0.05) is 18.0 Å². The Labute approximate surface area is 151 Å². The Morgan fingerprint density at radius 2 is 1.92 bits per heavy atom. The maximum absolute atomic E-state index is 12.5. The largest absolute Gasteiger partial charge is 0.309 e. The van der Waals surface area contributed by atoms with Crippen LogP contribution in [0.15, 0.2) is 41.2 Å². The van der Waals surface area contributed by atoms with Gasteiger partial charge >= 0.3 is 0 Å². The predicted octanol–water partition coefficient (Wildman–Crippen LogP) is 4.13. The molecular formula is C20H23N3OS. The molecular weight excluding hydrogens is 330 g/mol. The van der Waals surface area contributed by atoms with E-state index in [1.54, 1.807) is 11.3 Å². The van der Waals surface area contributed by atoms with Crippen molar-refractivity contribution in [1.82, 2.24) is 14.9 Å². The molecule has 130 valence electrons. The molecule has 0 amide bonds. The Hall–Kier alpha value is -1.98. The Balaban J connectivity index is 1.64. The standard InChI is InChI=1S/C20H23N3OS/c1-13-8-14(2)11-23(10-13)12-18-21-19(24)16-9-17(25-20(16)22-18)15-6-4-3-5-7-15/h3-7,9,13-14H,8,10-12H2,1-2H3,(H,21,22,24)/t13-,14-/m1/s1. The zero-order chi connectivity index (χ0) is 17.4. The summed E-state index contributed by atoms with van der Waals surface area (Å²) in [5, 5.41) is 0.688. The van der Waals surface area contributed by atoms with E-state index in [0.29, 0.717) is 17.2 Å². The number of nitrogens with one attached hydrogen (secondary N) is 1. The molecule has 3 heterocycles. The van der Waals surface area contributed by atoms with E-state index in [1.165, 1.54) is 6.42 Å². The van der Waals surface area contributed by atoms with Gasteiger partial charge in [-0.15, -0.1) is 11.3 Å². The molecule has 1 fully saturated rings. The van der Waals surface area contributed by atoms with Crippen molar-refractivity contribution >= 4 is 21.6 Å². The van der Waals surface area contributed by atoms with Gasteiger partial charge in [-0.05, 0) is 29.9 Å². The Bertz CT molecular complexity index is 921. The number of hydrogen-bond donors (Lipinski definition) is 1. The molecule has 1 aromatic carbocycles. The first kappa shape index (κ1) is 16.5. The number of thiophene rings is 1. The summed E-state index contributed by atoms with van der Waals surface area (Å²) in [4.78, 5) is 24.6. The quantitative estimate of drug-likeness (QED) is 0.770. The maximum Gasteiger partial charge on any atom is 0.259 e. The minimum absolute atomic E-state index is 0.0310. The highest BCUT2D eigenvalue weighted by Crippen LogP contribution is 2.31. The van der Waals surface area contributed by atoms with Crippen LogP contribution in [-0.4, -0.2) is 28.0 Å². The molecule has 2 aromatic heterocycles. The van der Waals surface area contributed by atoms with Crippen LogP contribution < -0.4 is 5.56 Å². The lowest BCUT2D eigenvalue weighted by atomic mass is 9.92. The van der Waals surface area contributed by atoms with Crippen molar-refractivity contribution in [2.45, 2.75) is 26.8 Å². The van der Waals surface area contributed by atoms with Gasteiger partial charge < -0.3 is 4.98 Å². The van der Waals surface area contributed by atoms with Crippen molar-refractivity contribution in [1.29, 1.82) is 0 Å². The molecule has 4 rings (SSSR count). The van der Waals surface area contributed by atoms with Gasteiger partial charge in [0.25, 0.3) is 5.56 Å². The van der Waals surface area contributed by atoms with Crippen LogP contribution in [0.25, 0.3) is 20.7 Å². The van der Waals surface area contributed by atoms with E-state index in [9.17, 15) is 4.79 Å². The molecule has 0 saturated carbocycles. The summed E-state index contributed by atoms with van der Waals surface area (Å²) in [6, 6.07) is 12.1. The summed E-state index contributed by atoms with van der Waals surface area (Å²) in [5.74, 6) is 2.18. The van der Waals surface area contributed by atoms with Gasteiger partial charge in [0.15, 0.2) is 0 Å². The molecule has 0 aliphatic carbocycles. The normalized spacial score (nSPS) is 21.7. The van der Waals surface area contributed by atoms with Gasteiger partial charge in [0.2, 0.25) is 0 Å². The van der Waals surface area contributed by atoms with Crippen molar-refractivity contribution in [2.75, 3.05) is 13.1 Å². The van der Waals surface area contributed by atoms with Crippen LogP contribution in [0.5, 0.6) is 0 Å². The first-order chi connectivity index (χ1) is 12.1. The third kappa shape index (κ3) is 3.53. The van der Waals surface area contributed by atoms with Crippen LogP contribution in [0.4, 0.5) is 0 Å². The third-order valence-corrected chi connectivity index (χ3v) is 5.91. The fourth-order valence-electron chi connectivity index (χ4n) is 3.93. The van der Waals surface area contributed by atoms with Gasteiger partial charge in [0.1, 0.15) is 10.7 Å². The van der Waals surface area contributed by atoms with Crippen molar-refractivity contribution in [3.8, 4) is 10.4 Å². The van der Waals surface area contributed by atoms with E-state index in [-0.39, 0.29) is 5.56 Å². The Kier molecular flexibility index (Phi) is 4.44. The number of aromatic nitrogens is 2. The van der Waals surface area contributed by atoms with Crippen molar-refractivity contribution in [3.05, 3.63) is 52.6 Å². The van der Waals surface area contributed by atoms with Gasteiger partial charge in [-0.2, -0.15) is 0 Å². The van der Waals surface area contributed by atoms with Crippen LogP contribution in [0.3, 0.4) is 0 Å². The lowest BCUT2D eigenvalue weighted by Gasteiger charge is -2.34. The van der Waals surface area contributed by atoms with Gasteiger partial charge in [-0.25, -0.2) is 4.98 Å². The lowest BCUT2D eigenvalue weighted by Crippen LogP contribution is -2.38. The third-order valence-electron chi connectivity index (χ3n) is 4.83. The fourth-order valence-corrected chi connectivity index (χ4v) is 4.98. The van der Waals surface area contributed by atoms with E-state index in [0.717, 1.165) is 40.7 Å². The van der Waals surface area contributed by atoms with E-state index in [2.05, 4.69) is 35.9 Å². The van der Waals surface area contributed by atoms with Gasteiger partial charge in [-0.1, -0.05) is 44.2 Å².